The van der Waals surface area contributed by atoms with Gasteiger partial charge in [0.1, 0.15) is 34.5 Å². The van der Waals surface area contributed by atoms with Crippen molar-refractivity contribution in [3.8, 4) is 28.8 Å². The smallest absolute Gasteiger partial charge is 0.519 e. The van der Waals surface area contributed by atoms with Gasteiger partial charge >= 0.3 is 7.12 Å². The van der Waals surface area contributed by atoms with E-state index in [2.05, 4.69) is 32.7 Å². The Morgan fingerprint density at radius 2 is 1.43 bits per heavy atom. The molecule has 0 unspecified atom stereocenters. The van der Waals surface area contributed by atoms with Crippen LogP contribution in [0.15, 0.2) is 109 Å². The summed E-state index contributed by atoms with van der Waals surface area (Å²) < 4.78 is 20.2. The molecule has 0 spiro atoms. The van der Waals surface area contributed by atoms with Crippen LogP contribution in [0.4, 0.5) is 0 Å². The summed E-state index contributed by atoms with van der Waals surface area (Å²) in [6.07, 6.45) is 3.55. The first-order valence-electron chi connectivity index (χ1n) is 11.3. The van der Waals surface area contributed by atoms with E-state index in [-0.39, 0.29) is 0 Å². The van der Waals surface area contributed by atoms with E-state index < -0.39 is 7.12 Å². The number of para-hydroxylation sites is 3. The first kappa shape index (κ1) is 19.7. The summed E-state index contributed by atoms with van der Waals surface area (Å²) in [5.74, 6) is 3.57. The summed E-state index contributed by atoms with van der Waals surface area (Å²) in [7, 11) is -0.507. The van der Waals surface area contributed by atoms with Crippen LogP contribution >= 0.6 is 0 Å². The van der Waals surface area contributed by atoms with Crippen molar-refractivity contribution < 1.29 is 14.0 Å². The molecular weight excluding hydrogens is 437 g/mol. The molecule has 0 aliphatic carbocycles. The first-order valence-corrected chi connectivity index (χ1v) is 11.3. The van der Waals surface area contributed by atoms with Gasteiger partial charge in [0.2, 0.25) is 0 Å². The second kappa shape index (κ2) is 7.92. The van der Waals surface area contributed by atoms with Crippen molar-refractivity contribution in [1.82, 2.24) is 14.5 Å². The number of pyridine rings is 2. The van der Waals surface area contributed by atoms with Gasteiger partial charge in [-0.25, -0.2) is 9.97 Å². The highest BCUT2D eigenvalue weighted by Crippen LogP contribution is 2.33. The Balaban J connectivity index is 1.22. The fourth-order valence-electron chi connectivity index (χ4n) is 4.51. The lowest BCUT2D eigenvalue weighted by atomic mass is 9.79. The van der Waals surface area contributed by atoms with E-state index in [9.17, 15) is 0 Å². The first-order chi connectivity index (χ1) is 17.3. The van der Waals surface area contributed by atoms with Gasteiger partial charge in [0.05, 0.1) is 5.52 Å². The Labute approximate surface area is 201 Å². The number of hydrogen-bond donors (Lipinski definition) is 0. The van der Waals surface area contributed by atoms with Crippen molar-refractivity contribution in [1.29, 1.82) is 0 Å². The number of nitrogens with zero attached hydrogens (tertiary/aromatic N) is 3. The number of aromatic nitrogens is 3. The van der Waals surface area contributed by atoms with Crippen LogP contribution in [0.2, 0.25) is 0 Å². The predicted octanol–water partition coefficient (Wildman–Crippen LogP) is 5.53. The summed E-state index contributed by atoms with van der Waals surface area (Å²) >= 11 is 0. The van der Waals surface area contributed by atoms with E-state index in [1.807, 2.05) is 78.9 Å². The number of ether oxygens (including phenoxy) is 1. The van der Waals surface area contributed by atoms with Crippen molar-refractivity contribution in [2.45, 2.75) is 0 Å². The van der Waals surface area contributed by atoms with Gasteiger partial charge in [-0.05, 0) is 48.5 Å². The highest BCUT2D eigenvalue weighted by atomic mass is 16.6. The zero-order valence-electron chi connectivity index (χ0n) is 18.5. The molecule has 0 N–H and O–H groups in total. The molecule has 0 amide bonds. The molecule has 0 saturated heterocycles. The van der Waals surface area contributed by atoms with Crippen LogP contribution in [0.5, 0.6) is 23.0 Å². The summed E-state index contributed by atoms with van der Waals surface area (Å²) in [5, 5.41) is 2.22. The van der Waals surface area contributed by atoms with Crippen molar-refractivity contribution in [3.63, 3.8) is 0 Å². The second-order valence-electron chi connectivity index (χ2n) is 8.27. The van der Waals surface area contributed by atoms with Crippen LogP contribution in [0.3, 0.4) is 0 Å². The highest BCUT2D eigenvalue weighted by Gasteiger charge is 2.34. The second-order valence-corrected chi connectivity index (χ2v) is 8.27. The van der Waals surface area contributed by atoms with Crippen LogP contribution in [0, 0.1) is 0 Å². The Bertz CT molecular complexity index is 1640. The average molecular weight is 455 g/mol. The minimum absolute atomic E-state index is 0.507. The minimum atomic E-state index is -0.507. The van der Waals surface area contributed by atoms with E-state index in [1.165, 1.54) is 0 Å². The third kappa shape index (κ3) is 3.37. The van der Waals surface area contributed by atoms with Crippen LogP contribution in [0.1, 0.15) is 0 Å². The van der Waals surface area contributed by atoms with Crippen molar-refractivity contribution >= 4 is 34.5 Å². The normalized spacial score (nSPS) is 12.4. The maximum absolute atomic E-state index is 6.23. The molecule has 0 bridgehead atoms. The standard InChI is InChI=1S/C28H18BN3O3/c1-2-11-24-22(9-1)23-10-6-15-31-28(23)32(24)27-18-21(14-16-30-27)33-20-8-5-7-19(17-20)29-34-25-12-3-4-13-26(25)35-29/h1-18H. The lowest BCUT2D eigenvalue weighted by Crippen LogP contribution is -2.38. The molecule has 0 saturated carbocycles. The van der Waals surface area contributed by atoms with Crippen molar-refractivity contribution in [3.05, 3.63) is 109 Å². The Morgan fingerprint density at radius 1 is 0.657 bits per heavy atom. The van der Waals surface area contributed by atoms with Crippen LogP contribution in [0.25, 0.3) is 27.8 Å². The molecule has 7 rings (SSSR count). The molecule has 3 aromatic carbocycles. The molecule has 0 atom stereocenters. The number of benzene rings is 3. The largest absolute Gasteiger partial charge is 0.632 e. The molecule has 6 aromatic rings. The number of fused-ring (bicyclic) bond motifs is 4. The van der Waals surface area contributed by atoms with Gasteiger partial charge < -0.3 is 14.0 Å². The van der Waals surface area contributed by atoms with Gasteiger partial charge in [0.15, 0.2) is 0 Å². The SMILES string of the molecule is c1cc(Oc2ccnc(-n3c4ccccc4c4cccnc43)c2)cc(B2Oc3ccccc3O2)c1. The highest BCUT2D eigenvalue weighted by molar-refractivity contribution is 6.63. The molecule has 1 aliphatic rings. The molecule has 0 fully saturated rings. The Hall–Kier alpha value is -4.78. The lowest BCUT2D eigenvalue weighted by Gasteiger charge is -2.11. The third-order valence-corrected chi connectivity index (χ3v) is 6.06. The molecule has 1 aliphatic heterocycles. The number of rotatable bonds is 4. The Kier molecular flexibility index (Phi) is 4.45. The van der Waals surface area contributed by atoms with Gasteiger partial charge in [-0.3, -0.25) is 4.57 Å². The van der Waals surface area contributed by atoms with Gasteiger partial charge in [-0.1, -0.05) is 42.5 Å². The predicted molar refractivity (Wildman–Crippen MR) is 136 cm³/mol. The summed E-state index contributed by atoms with van der Waals surface area (Å²) in [6.45, 7) is 0. The quantitative estimate of drug-likeness (QED) is 0.327. The van der Waals surface area contributed by atoms with Crippen LogP contribution in [-0.4, -0.2) is 21.7 Å². The van der Waals surface area contributed by atoms with E-state index in [0.29, 0.717) is 11.5 Å². The maximum atomic E-state index is 6.23. The van der Waals surface area contributed by atoms with Crippen molar-refractivity contribution in [2.24, 2.45) is 0 Å². The Morgan fingerprint density at radius 3 is 2.31 bits per heavy atom. The van der Waals surface area contributed by atoms with E-state index in [1.54, 1.807) is 12.4 Å². The fraction of sp³-hybridized carbons (Fsp3) is 0. The molecule has 3 aromatic heterocycles. The molecule has 4 heterocycles. The minimum Gasteiger partial charge on any atom is -0.519 e. The summed E-state index contributed by atoms with van der Waals surface area (Å²) in [4.78, 5) is 9.27. The van der Waals surface area contributed by atoms with Gasteiger partial charge in [0.25, 0.3) is 0 Å². The number of hydrogen-bond acceptors (Lipinski definition) is 5. The van der Waals surface area contributed by atoms with Gasteiger partial charge in [-0.2, -0.15) is 0 Å². The van der Waals surface area contributed by atoms with E-state index in [0.717, 1.165) is 44.7 Å². The molecular formula is C28H18BN3O3. The molecule has 166 valence electrons. The summed E-state index contributed by atoms with van der Waals surface area (Å²) in [5.41, 5.74) is 2.78. The average Bonchev–Trinajstić information content (AvgIpc) is 3.49. The zero-order chi connectivity index (χ0) is 23.2. The van der Waals surface area contributed by atoms with Crippen LogP contribution < -0.4 is 19.5 Å². The lowest BCUT2D eigenvalue weighted by molar-refractivity contribution is 0.481. The molecule has 7 heteroatoms. The van der Waals surface area contributed by atoms with Crippen molar-refractivity contribution in [2.75, 3.05) is 0 Å². The monoisotopic (exact) mass is 455 g/mol. The van der Waals surface area contributed by atoms with Crippen LogP contribution in [-0.2, 0) is 0 Å². The fourth-order valence-corrected chi connectivity index (χ4v) is 4.51. The summed E-state index contributed by atoms with van der Waals surface area (Å²) in [6, 6.07) is 31.4. The van der Waals surface area contributed by atoms with Gasteiger partial charge in [0, 0.05) is 34.7 Å². The van der Waals surface area contributed by atoms with Gasteiger partial charge in [-0.15, -0.1) is 0 Å². The topological polar surface area (TPSA) is 58.4 Å². The zero-order valence-corrected chi connectivity index (χ0v) is 18.5. The third-order valence-electron chi connectivity index (χ3n) is 6.06. The maximum Gasteiger partial charge on any atom is 0.632 e. The molecule has 0 radical (unpaired) electrons. The molecule has 6 nitrogen and oxygen atoms in total. The van der Waals surface area contributed by atoms with E-state index >= 15 is 0 Å². The van der Waals surface area contributed by atoms with E-state index in [4.69, 9.17) is 14.0 Å². The molecule has 35 heavy (non-hydrogen) atoms.